The standard InChI is InChI=1S/C10H18N6O2/c1-7-14-8(5-9(15-7)16-11)13-6-10(17)12-3-4-18-2/h5H,3-4,6,11H2,1-2H3,(H,12,17)(H2,13,14,15,16). The van der Waals surface area contributed by atoms with Crippen LogP contribution in [0, 0.1) is 6.92 Å². The van der Waals surface area contributed by atoms with Crippen LogP contribution in [0.3, 0.4) is 0 Å². The van der Waals surface area contributed by atoms with E-state index in [9.17, 15) is 4.79 Å². The number of anilines is 2. The van der Waals surface area contributed by atoms with Crippen LogP contribution in [-0.2, 0) is 9.53 Å². The first-order chi connectivity index (χ1) is 8.65. The second kappa shape index (κ2) is 7.41. The Kier molecular flexibility index (Phi) is 5.81. The Morgan fingerprint density at radius 1 is 1.44 bits per heavy atom. The molecule has 0 aliphatic heterocycles. The number of methoxy groups -OCH3 is 1. The van der Waals surface area contributed by atoms with E-state index < -0.39 is 0 Å². The molecule has 1 aromatic rings. The molecule has 5 N–H and O–H groups in total. The number of ether oxygens (including phenoxy) is 1. The van der Waals surface area contributed by atoms with Gasteiger partial charge in [-0.15, -0.1) is 0 Å². The third-order valence-electron chi connectivity index (χ3n) is 2.04. The number of nitrogen functional groups attached to an aromatic ring is 1. The number of nitrogens with one attached hydrogen (secondary N) is 3. The molecule has 0 aromatic carbocycles. The van der Waals surface area contributed by atoms with E-state index in [1.54, 1.807) is 20.1 Å². The quantitative estimate of drug-likeness (QED) is 0.287. The minimum absolute atomic E-state index is 0.129. The van der Waals surface area contributed by atoms with Gasteiger partial charge in [0.15, 0.2) is 0 Å². The fraction of sp³-hybridized carbons (Fsp3) is 0.500. The Hall–Kier alpha value is -1.93. The number of hydrazine groups is 1. The van der Waals surface area contributed by atoms with Crippen molar-refractivity contribution < 1.29 is 9.53 Å². The monoisotopic (exact) mass is 254 g/mol. The van der Waals surface area contributed by atoms with Crippen molar-refractivity contribution in [2.75, 3.05) is 37.5 Å². The first-order valence-electron chi connectivity index (χ1n) is 5.47. The van der Waals surface area contributed by atoms with E-state index in [4.69, 9.17) is 10.6 Å². The second-order valence-electron chi connectivity index (χ2n) is 3.53. The molecular weight excluding hydrogens is 236 g/mol. The number of aryl methyl sites for hydroxylation is 1. The predicted molar refractivity (Wildman–Crippen MR) is 68.0 cm³/mol. The molecule has 18 heavy (non-hydrogen) atoms. The van der Waals surface area contributed by atoms with Gasteiger partial charge in [-0.1, -0.05) is 0 Å². The molecule has 0 saturated carbocycles. The Bertz CT molecular complexity index is 398. The maximum atomic E-state index is 11.4. The summed E-state index contributed by atoms with van der Waals surface area (Å²) in [6, 6.07) is 1.62. The number of nitrogens with zero attached hydrogens (tertiary/aromatic N) is 2. The lowest BCUT2D eigenvalue weighted by Gasteiger charge is -2.08. The van der Waals surface area contributed by atoms with Gasteiger partial charge < -0.3 is 20.8 Å². The molecular formula is C10H18N6O2. The summed E-state index contributed by atoms with van der Waals surface area (Å²) in [5.74, 6) is 6.72. The zero-order valence-corrected chi connectivity index (χ0v) is 10.5. The molecule has 1 aromatic heterocycles. The van der Waals surface area contributed by atoms with E-state index in [1.165, 1.54) is 0 Å². The van der Waals surface area contributed by atoms with Gasteiger partial charge in [-0.25, -0.2) is 15.8 Å². The first-order valence-corrected chi connectivity index (χ1v) is 5.47. The third-order valence-corrected chi connectivity index (χ3v) is 2.04. The number of amides is 1. The molecule has 1 amide bonds. The molecule has 0 radical (unpaired) electrons. The summed E-state index contributed by atoms with van der Waals surface area (Å²) in [7, 11) is 1.58. The van der Waals surface area contributed by atoms with E-state index in [0.29, 0.717) is 30.6 Å². The molecule has 0 saturated heterocycles. The number of rotatable bonds is 7. The predicted octanol–water partition coefficient (Wildman–Crippen LogP) is -0.755. The molecule has 1 rings (SSSR count). The van der Waals surface area contributed by atoms with Crippen molar-refractivity contribution in [1.82, 2.24) is 15.3 Å². The largest absolute Gasteiger partial charge is 0.383 e. The highest BCUT2D eigenvalue weighted by Gasteiger charge is 2.03. The van der Waals surface area contributed by atoms with Crippen molar-refractivity contribution in [3.63, 3.8) is 0 Å². The molecule has 0 aliphatic rings. The van der Waals surface area contributed by atoms with Gasteiger partial charge in [-0.05, 0) is 6.92 Å². The van der Waals surface area contributed by atoms with Crippen molar-refractivity contribution in [2.24, 2.45) is 5.84 Å². The van der Waals surface area contributed by atoms with Crippen LogP contribution in [0.2, 0.25) is 0 Å². The van der Waals surface area contributed by atoms with Crippen molar-refractivity contribution in [2.45, 2.75) is 6.92 Å². The number of aromatic nitrogens is 2. The average molecular weight is 254 g/mol. The number of carbonyl (C=O) groups excluding carboxylic acids is 1. The molecule has 0 fully saturated rings. The van der Waals surface area contributed by atoms with Crippen molar-refractivity contribution >= 4 is 17.5 Å². The Morgan fingerprint density at radius 2 is 2.17 bits per heavy atom. The Balaban J connectivity index is 2.43. The number of nitrogens with two attached hydrogens (primary N) is 1. The number of hydrogen-bond donors (Lipinski definition) is 4. The smallest absolute Gasteiger partial charge is 0.239 e. The van der Waals surface area contributed by atoms with Crippen LogP contribution in [0.25, 0.3) is 0 Å². The summed E-state index contributed by atoms with van der Waals surface area (Å²) in [4.78, 5) is 19.6. The third kappa shape index (κ3) is 4.93. The second-order valence-corrected chi connectivity index (χ2v) is 3.53. The van der Waals surface area contributed by atoms with Crippen LogP contribution in [-0.4, -0.2) is 42.7 Å². The highest BCUT2D eigenvalue weighted by Crippen LogP contribution is 2.09. The van der Waals surface area contributed by atoms with E-state index in [0.717, 1.165) is 0 Å². The normalized spacial score (nSPS) is 9.94. The van der Waals surface area contributed by atoms with Gasteiger partial charge in [0, 0.05) is 19.7 Å². The van der Waals surface area contributed by atoms with Crippen LogP contribution >= 0.6 is 0 Å². The van der Waals surface area contributed by atoms with Gasteiger partial charge in [0.1, 0.15) is 17.5 Å². The topological polar surface area (TPSA) is 114 Å². The van der Waals surface area contributed by atoms with Crippen molar-refractivity contribution in [3.8, 4) is 0 Å². The van der Waals surface area contributed by atoms with E-state index >= 15 is 0 Å². The van der Waals surface area contributed by atoms with Gasteiger partial charge in [0.05, 0.1) is 13.2 Å². The van der Waals surface area contributed by atoms with Gasteiger partial charge in [-0.2, -0.15) is 0 Å². The lowest BCUT2D eigenvalue weighted by Crippen LogP contribution is -2.32. The summed E-state index contributed by atoms with van der Waals surface area (Å²) >= 11 is 0. The van der Waals surface area contributed by atoms with Crippen molar-refractivity contribution in [1.29, 1.82) is 0 Å². The van der Waals surface area contributed by atoms with Gasteiger partial charge in [-0.3, -0.25) is 4.79 Å². The molecule has 0 atom stereocenters. The fourth-order valence-electron chi connectivity index (χ4n) is 1.26. The molecule has 8 heteroatoms. The lowest BCUT2D eigenvalue weighted by molar-refractivity contribution is -0.119. The van der Waals surface area contributed by atoms with E-state index in [-0.39, 0.29) is 12.5 Å². The van der Waals surface area contributed by atoms with Gasteiger partial charge in [0.25, 0.3) is 0 Å². The van der Waals surface area contributed by atoms with Crippen LogP contribution in [0.15, 0.2) is 6.07 Å². The molecule has 0 bridgehead atoms. The summed E-state index contributed by atoms with van der Waals surface area (Å²) in [5.41, 5.74) is 2.43. The highest BCUT2D eigenvalue weighted by atomic mass is 16.5. The Morgan fingerprint density at radius 3 is 2.83 bits per heavy atom. The zero-order valence-electron chi connectivity index (χ0n) is 10.5. The minimum Gasteiger partial charge on any atom is -0.383 e. The summed E-state index contributed by atoms with van der Waals surface area (Å²) in [5, 5.41) is 5.57. The van der Waals surface area contributed by atoms with Crippen LogP contribution in [0.5, 0.6) is 0 Å². The maximum Gasteiger partial charge on any atom is 0.239 e. The molecule has 0 unspecified atom stereocenters. The Labute approximate surface area is 105 Å². The number of hydrogen-bond acceptors (Lipinski definition) is 7. The number of carbonyl (C=O) groups is 1. The van der Waals surface area contributed by atoms with E-state index in [1.807, 2.05) is 0 Å². The molecule has 0 spiro atoms. The van der Waals surface area contributed by atoms with E-state index in [2.05, 4.69) is 26.0 Å². The molecule has 1 heterocycles. The SMILES string of the molecule is COCCNC(=O)CNc1cc(NN)nc(C)n1. The highest BCUT2D eigenvalue weighted by molar-refractivity contribution is 5.80. The average Bonchev–Trinajstić information content (AvgIpc) is 2.36. The zero-order chi connectivity index (χ0) is 13.4. The first kappa shape index (κ1) is 14.1. The summed E-state index contributed by atoms with van der Waals surface area (Å²) < 4.78 is 4.82. The van der Waals surface area contributed by atoms with Crippen LogP contribution < -0.4 is 21.9 Å². The van der Waals surface area contributed by atoms with Crippen molar-refractivity contribution in [3.05, 3.63) is 11.9 Å². The van der Waals surface area contributed by atoms with Crippen LogP contribution in [0.1, 0.15) is 5.82 Å². The maximum absolute atomic E-state index is 11.4. The summed E-state index contributed by atoms with van der Waals surface area (Å²) in [6.07, 6.45) is 0. The molecule has 8 nitrogen and oxygen atoms in total. The molecule has 0 aliphatic carbocycles. The van der Waals surface area contributed by atoms with Gasteiger partial charge >= 0.3 is 0 Å². The summed E-state index contributed by atoms with van der Waals surface area (Å²) in [6.45, 7) is 2.84. The minimum atomic E-state index is -0.134. The lowest BCUT2D eigenvalue weighted by atomic mass is 10.4. The fourth-order valence-corrected chi connectivity index (χ4v) is 1.26. The molecule has 100 valence electrons. The van der Waals surface area contributed by atoms with Gasteiger partial charge in [0.2, 0.25) is 5.91 Å². The van der Waals surface area contributed by atoms with Crippen LogP contribution in [0.4, 0.5) is 11.6 Å².